The molecule has 0 atom stereocenters. The lowest BCUT2D eigenvalue weighted by Crippen LogP contribution is -2.48. The van der Waals surface area contributed by atoms with Crippen LogP contribution in [0.25, 0.3) is 0 Å². The maximum absolute atomic E-state index is 12.7. The molecule has 0 amide bonds. The standard InChI is InChI=1S/C13H15FN2O/c1-16(8-13(7-15)9-17-10-13)6-11-2-4-12(14)5-3-11/h2-5H,6,8-10H2,1H3. The molecule has 3 nitrogen and oxygen atoms in total. The molecule has 1 aliphatic rings. The zero-order valence-electron chi connectivity index (χ0n) is 9.82. The van der Waals surface area contributed by atoms with E-state index in [2.05, 4.69) is 11.0 Å². The largest absolute Gasteiger partial charge is 0.378 e. The Kier molecular flexibility index (Phi) is 3.41. The number of hydrogen-bond acceptors (Lipinski definition) is 3. The molecule has 1 heterocycles. The van der Waals surface area contributed by atoms with Crippen LogP contribution in [0.2, 0.25) is 0 Å². The fraction of sp³-hybridized carbons (Fsp3) is 0.462. The first kappa shape index (κ1) is 12.0. The number of nitrogens with zero attached hydrogens (tertiary/aromatic N) is 2. The van der Waals surface area contributed by atoms with Gasteiger partial charge in [-0.2, -0.15) is 5.26 Å². The highest BCUT2D eigenvalue weighted by molar-refractivity contribution is 5.16. The summed E-state index contributed by atoms with van der Waals surface area (Å²) in [5.41, 5.74) is 0.691. The molecule has 4 heteroatoms. The Labute approximate surface area is 100 Å². The molecule has 0 aromatic heterocycles. The summed E-state index contributed by atoms with van der Waals surface area (Å²) in [7, 11) is 1.96. The fourth-order valence-electron chi connectivity index (χ4n) is 2.01. The molecule has 0 unspecified atom stereocenters. The van der Waals surface area contributed by atoms with E-state index in [9.17, 15) is 4.39 Å². The summed E-state index contributed by atoms with van der Waals surface area (Å²) in [6.45, 7) is 2.42. The van der Waals surface area contributed by atoms with E-state index in [0.29, 0.717) is 26.3 Å². The van der Waals surface area contributed by atoms with Crippen molar-refractivity contribution in [2.75, 3.05) is 26.8 Å². The van der Waals surface area contributed by atoms with Gasteiger partial charge in [-0.25, -0.2) is 4.39 Å². The Morgan fingerprint density at radius 3 is 2.53 bits per heavy atom. The van der Waals surface area contributed by atoms with Crippen LogP contribution in [0.4, 0.5) is 4.39 Å². The molecule has 1 fully saturated rings. The van der Waals surface area contributed by atoms with Crippen molar-refractivity contribution in [3.05, 3.63) is 35.6 Å². The summed E-state index contributed by atoms with van der Waals surface area (Å²) in [4.78, 5) is 2.07. The number of halogens is 1. The van der Waals surface area contributed by atoms with E-state index in [4.69, 9.17) is 10.00 Å². The van der Waals surface area contributed by atoms with Crippen molar-refractivity contribution in [3.8, 4) is 6.07 Å². The second-order valence-electron chi connectivity index (χ2n) is 4.68. The van der Waals surface area contributed by atoms with Crippen molar-refractivity contribution < 1.29 is 9.13 Å². The average molecular weight is 234 g/mol. The van der Waals surface area contributed by atoms with E-state index >= 15 is 0 Å². The highest BCUT2D eigenvalue weighted by Crippen LogP contribution is 2.27. The quantitative estimate of drug-likeness (QED) is 0.797. The molecule has 90 valence electrons. The molecule has 17 heavy (non-hydrogen) atoms. The van der Waals surface area contributed by atoms with Gasteiger partial charge in [0.2, 0.25) is 0 Å². The lowest BCUT2D eigenvalue weighted by Gasteiger charge is -2.37. The molecule has 0 bridgehead atoms. The maximum atomic E-state index is 12.7. The first-order valence-electron chi connectivity index (χ1n) is 5.56. The van der Waals surface area contributed by atoms with E-state index in [1.165, 1.54) is 12.1 Å². The van der Waals surface area contributed by atoms with Crippen LogP contribution in [-0.4, -0.2) is 31.7 Å². The van der Waals surface area contributed by atoms with Gasteiger partial charge >= 0.3 is 0 Å². The molecular weight excluding hydrogens is 219 g/mol. The predicted molar refractivity (Wildman–Crippen MR) is 61.6 cm³/mol. The first-order chi connectivity index (χ1) is 8.13. The van der Waals surface area contributed by atoms with Crippen LogP contribution in [0.5, 0.6) is 0 Å². The summed E-state index contributed by atoms with van der Waals surface area (Å²) < 4.78 is 17.8. The number of nitriles is 1. The molecule has 0 radical (unpaired) electrons. The lowest BCUT2D eigenvalue weighted by atomic mass is 9.87. The second kappa shape index (κ2) is 4.82. The van der Waals surface area contributed by atoms with Crippen LogP contribution >= 0.6 is 0 Å². The van der Waals surface area contributed by atoms with Crippen molar-refractivity contribution in [1.29, 1.82) is 5.26 Å². The Balaban J connectivity index is 1.91. The Hall–Kier alpha value is -1.44. The molecule has 0 spiro atoms. The van der Waals surface area contributed by atoms with Gasteiger partial charge in [0.25, 0.3) is 0 Å². The Bertz CT molecular complexity index is 420. The van der Waals surface area contributed by atoms with E-state index < -0.39 is 0 Å². The highest BCUT2D eigenvalue weighted by Gasteiger charge is 2.39. The van der Waals surface area contributed by atoms with Crippen molar-refractivity contribution in [2.45, 2.75) is 6.54 Å². The molecule has 1 aromatic carbocycles. The van der Waals surface area contributed by atoms with Gasteiger partial charge in [-0.1, -0.05) is 12.1 Å². The van der Waals surface area contributed by atoms with Crippen LogP contribution in [0, 0.1) is 22.6 Å². The van der Waals surface area contributed by atoms with Crippen molar-refractivity contribution in [3.63, 3.8) is 0 Å². The third-order valence-electron chi connectivity index (χ3n) is 2.93. The van der Waals surface area contributed by atoms with Crippen LogP contribution in [0.3, 0.4) is 0 Å². The van der Waals surface area contributed by atoms with Gasteiger partial charge in [0.15, 0.2) is 0 Å². The molecule has 1 aromatic rings. The van der Waals surface area contributed by atoms with Crippen LogP contribution in [0.15, 0.2) is 24.3 Å². The fourth-order valence-corrected chi connectivity index (χ4v) is 2.01. The topological polar surface area (TPSA) is 36.3 Å². The number of benzene rings is 1. The van der Waals surface area contributed by atoms with Gasteiger partial charge in [0, 0.05) is 13.1 Å². The van der Waals surface area contributed by atoms with Crippen molar-refractivity contribution in [1.82, 2.24) is 4.90 Å². The van der Waals surface area contributed by atoms with Gasteiger partial charge < -0.3 is 9.64 Å². The van der Waals surface area contributed by atoms with Gasteiger partial charge in [0.05, 0.1) is 19.3 Å². The van der Waals surface area contributed by atoms with Gasteiger partial charge in [-0.3, -0.25) is 0 Å². The number of rotatable bonds is 4. The van der Waals surface area contributed by atoms with Gasteiger partial charge in [0.1, 0.15) is 11.2 Å². The van der Waals surface area contributed by atoms with Crippen molar-refractivity contribution >= 4 is 0 Å². The minimum Gasteiger partial charge on any atom is -0.378 e. The first-order valence-corrected chi connectivity index (χ1v) is 5.56. The van der Waals surface area contributed by atoms with E-state index in [0.717, 1.165) is 5.56 Å². The number of hydrogen-bond donors (Lipinski definition) is 0. The minimum absolute atomic E-state index is 0.225. The van der Waals surface area contributed by atoms with Crippen LogP contribution in [0.1, 0.15) is 5.56 Å². The number of ether oxygens (including phenoxy) is 1. The van der Waals surface area contributed by atoms with E-state index in [1.807, 2.05) is 7.05 Å². The third kappa shape index (κ3) is 2.82. The normalized spacial score (nSPS) is 17.5. The van der Waals surface area contributed by atoms with E-state index in [1.54, 1.807) is 12.1 Å². The summed E-state index contributed by atoms with van der Waals surface area (Å²) in [6.07, 6.45) is 0. The molecule has 1 aliphatic heterocycles. The summed E-state index contributed by atoms with van der Waals surface area (Å²) >= 11 is 0. The summed E-state index contributed by atoms with van der Waals surface area (Å²) in [6, 6.07) is 8.75. The zero-order chi connectivity index (χ0) is 12.3. The maximum Gasteiger partial charge on any atom is 0.123 e. The molecular formula is C13H15FN2O. The van der Waals surface area contributed by atoms with Gasteiger partial charge in [-0.15, -0.1) is 0 Å². The van der Waals surface area contributed by atoms with E-state index in [-0.39, 0.29) is 11.2 Å². The molecule has 0 N–H and O–H groups in total. The monoisotopic (exact) mass is 234 g/mol. The molecule has 2 rings (SSSR count). The highest BCUT2D eigenvalue weighted by atomic mass is 19.1. The van der Waals surface area contributed by atoms with Crippen LogP contribution < -0.4 is 0 Å². The second-order valence-corrected chi connectivity index (χ2v) is 4.68. The Morgan fingerprint density at radius 1 is 1.41 bits per heavy atom. The zero-order valence-corrected chi connectivity index (χ0v) is 9.82. The molecule has 0 aliphatic carbocycles. The smallest absolute Gasteiger partial charge is 0.123 e. The van der Waals surface area contributed by atoms with Crippen molar-refractivity contribution in [2.24, 2.45) is 5.41 Å². The lowest BCUT2D eigenvalue weighted by molar-refractivity contribution is -0.0895. The van der Waals surface area contributed by atoms with Gasteiger partial charge in [-0.05, 0) is 24.7 Å². The average Bonchev–Trinajstić information content (AvgIpc) is 2.27. The molecule has 0 saturated carbocycles. The minimum atomic E-state index is -0.352. The SMILES string of the molecule is CN(Cc1ccc(F)cc1)CC1(C#N)COC1. The Morgan fingerprint density at radius 2 is 2.06 bits per heavy atom. The molecule has 1 saturated heterocycles. The summed E-state index contributed by atoms with van der Waals surface area (Å²) in [5.74, 6) is -0.225. The third-order valence-corrected chi connectivity index (χ3v) is 2.93. The predicted octanol–water partition coefficient (Wildman–Crippen LogP) is 1.80. The summed E-state index contributed by atoms with van der Waals surface area (Å²) in [5, 5.41) is 9.08. The van der Waals surface area contributed by atoms with Crippen LogP contribution in [-0.2, 0) is 11.3 Å².